The molecule has 2 aliphatic rings. The summed E-state index contributed by atoms with van der Waals surface area (Å²) in [7, 11) is -3.20. The Morgan fingerprint density at radius 2 is 1.96 bits per heavy atom. The molecule has 1 aliphatic heterocycles. The number of hydrogen-bond donors (Lipinski definition) is 2. The van der Waals surface area contributed by atoms with Crippen LogP contribution in [0, 0.1) is 0 Å². The zero-order chi connectivity index (χ0) is 17.2. The van der Waals surface area contributed by atoms with Crippen molar-refractivity contribution in [3.63, 3.8) is 0 Å². The summed E-state index contributed by atoms with van der Waals surface area (Å²) in [5, 5.41) is 6.00. The van der Waals surface area contributed by atoms with E-state index in [0.29, 0.717) is 13.1 Å². The van der Waals surface area contributed by atoms with Crippen LogP contribution in [0.15, 0.2) is 24.3 Å². The lowest BCUT2D eigenvalue weighted by molar-refractivity contribution is 0.221. The van der Waals surface area contributed by atoms with E-state index in [1.54, 1.807) is 0 Å². The number of carbonyl (C=O) groups is 1. The number of sulfonamides is 1. The molecule has 3 rings (SSSR count). The van der Waals surface area contributed by atoms with Crippen molar-refractivity contribution in [1.29, 1.82) is 0 Å². The van der Waals surface area contributed by atoms with Crippen LogP contribution in [-0.2, 0) is 16.4 Å². The monoisotopic (exact) mass is 351 g/mol. The van der Waals surface area contributed by atoms with Crippen molar-refractivity contribution < 1.29 is 13.2 Å². The summed E-state index contributed by atoms with van der Waals surface area (Å²) < 4.78 is 24.8. The molecule has 6 nitrogen and oxygen atoms in total. The van der Waals surface area contributed by atoms with Crippen molar-refractivity contribution in [3.8, 4) is 0 Å². The lowest BCUT2D eigenvalue weighted by Gasteiger charge is -2.32. The van der Waals surface area contributed by atoms with Crippen LogP contribution in [0.5, 0.6) is 0 Å². The highest BCUT2D eigenvalue weighted by molar-refractivity contribution is 7.88. The fraction of sp³-hybridized carbons (Fsp3) is 0.588. The van der Waals surface area contributed by atoms with Gasteiger partial charge in [0.2, 0.25) is 10.0 Å². The average molecular weight is 351 g/mol. The normalized spacial score (nSPS) is 24.9. The largest absolute Gasteiger partial charge is 0.334 e. The number of benzene rings is 1. The molecule has 1 aromatic carbocycles. The Morgan fingerprint density at radius 1 is 1.17 bits per heavy atom. The Kier molecular flexibility index (Phi) is 5.10. The molecule has 0 saturated carbocycles. The van der Waals surface area contributed by atoms with Crippen LogP contribution in [0.3, 0.4) is 0 Å². The first-order chi connectivity index (χ1) is 11.4. The van der Waals surface area contributed by atoms with E-state index in [-0.39, 0.29) is 18.1 Å². The first kappa shape index (κ1) is 17.2. The highest BCUT2D eigenvalue weighted by Crippen LogP contribution is 2.29. The summed E-state index contributed by atoms with van der Waals surface area (Å²) in [6.45, 7) is 0.891. The van der Waals surface area contributed by atoms with E-state index in [2.05, 4.69) is 22.8 Å². The quantitative estimate of drug-likeness (QED) is 0.871. The third-order valence-corrected chi connectivity index (χ3v) is 6.13. The molecular weight excluding hydrogens is 326 g/mol. The molecule has 132 valence electrons. The van der Waals surface area contributed by atoms with Gasteiger partial charge in [0.15, 0.2) is 0 Å². The summed E-state index contributed by atoms with van der Waals surface area (Å²) >= 11 is 0. The van der Waals surface area contributed by atoms with Crippen LogP contribution in [0.1, 0.15) is 42.9 Å². The number of amides is 2. The number of urea groups is 1. The fourth-order valence-electron chi connectivity index (χ4n) is 3.65. The van der Waals surface area contributed by atoms with E-state index in [1.807, 2.05) is 12.1 Å². The minimum Gasteiger partial charge on any atom is -0.334 e. The van der Waals surface area contributed by atoms with Crippen LogP contribution in [-0.4, -0.2) is 44.1 Å². The summed E-state index contributed by atoms with van der Waals surface area (Å²) in [5.41, 5.74) is 2.50. The van der Waals surface area contributed by atoms with Gasteiger partial charge in [-0.25, -0.2) is 17.5 Å². The van der Waals surface area contributed by atoms with Crippen LogP contribution in [0.4, 0.5) is 4.79 Å². The van der Waals surface area contributed by atoms with Crippen LogP contribution in [0.2, 0.25) is 0 Å². The van der Waals surface area contributed by atoms with Crippen molar-refractivity contribution >= 4 is 16.1 Å². The van der Waals surface area contributed by atoms with Gasteiger partial charge in [0.25, 0.3) is 0 Å². The highest BCUT2D eigenvalue weighted by atomic mass is 32.2. The van der Waals surface area contributed by atoms with E-state index >= 15 is 0 Å². The van der Waals surface area contributed by atoms with Gasteiger partial charge in [-0.2, -0.15) is 0 Å². The van der Waals surface area contributed by atoms with E-state index in [0.717, 1.165) is 32.1 Å². The molecule has 0 spiro atoms. The van der Waals surface area contributed by atoms with Crippen molar-refractivity contribution in [3.05, 3.63) is 35.4 Å². The van der Waals surface area contributed by atoms with Crippen molar-refractivity contribution in [2.24, 2.45) is 0 Å². The molecule has 2 unspecified atom stereocenters. The maximum atomic E-state index is 12.4. The van der Waals surface area contributed by atoms with E-state index in [1.165, 1.54) is 21.7 Å². The van der Waals surface area contributed by atoms with E-state index < -0.39 is 10.0 Å². The van der Waals surface area contributed by atoms with Crippen molar-refractivity contribution in [1.82, 2.24) is 14.9 Å². The third-order valence-electron chi connectivity index (χ3n) is 4.86. The molecule has 1 heterocycles. The number of fused-ring (bicyclic) bond motifs is 1. The third kappa shape index (κ3) is 4.08. The van der Waals surface area contributed by atoms with Crippen molar-refractivity contribution in [2.45, 2.75) is 44.2 Å². The molecular formula is C17H25N3O3S. The van der Waals surface area contributed by atoms with Gasteiger partial charge in [0, 0.05) is 19.1 Å². The molecule has 2 atom stereocenters. The molecule has 0 aromatic heterocycles. The first-order valence-electron chi connectivity index (χ1n) is 8.53. The molecule has 2 amide bonds. The molecule has 2 N–H and O–H groups in total. The fourth-order valence-corrected chi connectivity index (χ4v) is 4.56. The van der Waals surface area contributed by atoms with Gasteiger partial charge in [-0.15, -0.1) is 0 Å². The average Bonchev–Trinajstić information content (AvgIpc) is 2.54. The van der Waals surface area contributed by atoms with Gasteiger partial charge >= 0.3 is 6.03 Å². The number of aryl methyl sites for hydroxylation is 1. The Labute approximate surface area is 143 Å². The molecule has 0 bridgehead atoms. The zero-order valence-electron chi connectivity index (χ0n) is 14.0. The summed E-state index contributed by atoms with van der Waals surface area (Å²) in [6.07, 6.45) is 5.85. The van der Waals surface area contributed by atoms with Crippen molar-refractivity contribution in [2.75, 3.05) is 19.3 Å². The Morgan fingerprint density at radius 3 is 2.75 bits per heavy atom. The number of hydrogen-bond acceptors (Lipinski definition) is 3. The number of nitrogens with one attached hydrogen (secondary N) is 2. The SMILES string of the molecule is CS(=O)(=O)N1CCCC(NC(=O)NC2CCCc3ccccc32)C1. The topological polar surface area (TPSA) is 78.5 Å². The summed E-state index contributed by atoms with van der Waals surface area (Å²) in [6, 6.07) is 7.91. The van der Waals surface area contributed by atoms with Gasteiger partial charge in [0.05, 0.1) is 12.3 Å². The van der Waals surface area contributed by atoms with Crippen LogP contribution in [0.25, 0.3) is 0 Å². The summed E-state index contributed by atoms with van der Waals surface area (Å²) in [5.74, 6) is 0. The molecule has 0 radical (unpaired) electrons. The summed E-state index contributed by atoms with van der Waals surface area (Å²) in [4.78, 5) is 12.4. The lowest BCUT2D eigenvalue weighted by atomic mass is 9.88. The standard InChI is InChI=1S/C17H25N3O3S/c1-24(22,23)20-11-5-8-14(12-20)18-17(21)19-16-10-4-7-13-6-2-3-9-15(13)16/h2-3,6,9,14,16H,4-5,7-8,10-12H2,1H3,(H2,18,19,21). The van der Waals surface area contributed by atoms with Gasteiger partial charge in [-0.05, 0) is 43.2 Å². The first-order valence-corrected chi connectivity index (χ1v) is 10.4. The lowest BCUT2D eigenvalue weighted by Crippen LogP contribution is -2.52. The zero-order valence-corrected chi connectivity index (χ0v) is 14.8. The molecule has 1 fully saturated rings. The second-order valence-electron chi connectivity index (χ2n) is 6.72. The maximum Gasteiger partial charge on any atom is 0.315 e. The smallest absolute Gasteiger partial charge is 0.315 e. The molecule has 1 saturated heterocycles. The molecule has 1 aromatic rings. The molecule has 7 heteroatoms. The minimum atomic E-state index is -3.20. The van der Waals surface area contributed by atoms with Gasteiger partial charge in [-0.3, -0.25) is 0 Å². The van der Waals surface area contributed by atoms with Gasteiger partial charge < -0.3 is 10.6 Å². The van der Waals surface area contributed by atoms with Gasteiger partial charge in [-0.1, -0.05) is 24.3 Å². The second kappa shape index (κ2) is 7.11. The van der Waals surface area contributed by atoms with Gasteiger partial charge in [0.1, 0.15) is 0 Å². The number of nitrogens with zero attached hydrogens (tertiary/aromatic N) is 1. The van der Waals surface area contributed by atoms with Crippen LogP contribution < -0.4 is 10.6 Å². The molecule has 24 heavy (non-hydrogen) atoms. The predicted molar refractivity (Wildman–Crippen MR) is 93.2 cm³/mol. The second-order valence-corrected chi connectivity index (χ2v) is 8.70. The van der Waals surface area contributed by atoms with Crippen LogP contribution >= 0.6 is 0 Å². The number of piperidine rings is 1. The minimum absolute atomic E-state index is 0.0320. The Bertz CT molecular complexity index is 705. The predicted octanol–water partition coefficient (Wildman–Crippen LogP) is 1.79. The number of rotatable bonds is 3. The Balaban J connectivity index is 1.59. The highest BCUT2D eigenvalue weighted by Gasteiger charge is 2.28. The number of carbonyl (C=O) groups excluding carboxylic acids is 1. The Hall–Kier alpha value is -1.60. The van der Waals surface area contributed by atoms with E-state index in [4.69, 9.17) is 0 Å². The molecule has 1 aliphatic carbocycles. The van der Waals surface area contributed by atoms with E-state index in [9.17, 15) is 13.2 Å². The maximum absolute atomic E-state index is 12.4.